The second kappa shape index (κ2) is 30.7. The average molecular weight is 535 g/mol. The molecule has 38 heavy (non-hydrogen) atoms. The zero-order valence-electron chi connectivity index (χ0n) is 26.5. The van der Waals surface area contributed by atoms with Gasteiger partial charge in [0, 0.05) is 6.42 Å². The highest BCUT2D eigenvalue weighted by molar-refractivity contribution is 5.66. The monoisotopic (exact) mass is 535 g/mol. The lowest BCUT2D eigenvalue weighted by Gasteiger charge is -2.28. The lowest BCUT2D eigenvalue weighted by atomic mass is 9.78. The highest BCUT2D eigenvalue weighted by Crippen LogP contribution is 2.33. The smallest absolute Gasteiger partial charge is 0.303 e. The van der Waals surface area contributed by atoms with Crippen LogP contribution in [0.1, 0.15) is 201 Å². The highest BCUT2D eigenvalue weighted by Gasteiger charge is 2.20. The fourth-order valence-electron chi connectivity index (χ4n) is 6.05. The summed E-state index contributed by atoms with van der Waals surface area (Å²) in [4.78, 5) is 10.8. The van der Waals surface area contributed by atoms with Gasteiger partial charge in [-0.25, -0.2) is 0 Å². The highest BCUT2D eigenvalue weighted by atomic mass is 16.4. The van der Waals surface area contributed by atoms with E-state index in [1.165, 1.54) is 161 Å². The van der Waals surface area contributed by atoms with Crippen molar-refractivity contribution in [2.45, 2.75) is 201 Å². The van der Waals surface area contributed by atoms with Gasteiger partial charge in [0.2, 0.25) is 0 Å². The fourth-order valence-corrected chi connectivity index (χ4v) is 6.05. The molecule has 0 aromatic heterocycles. The van der Waals surface area contributed by atoms with Gasteiger partial charge in [-0.05, 0) is 43.9 Å². The molecule has 0 rings (SSSR count). The van der Waals surface area contributed by atoms with Gasteiger partial charge < -0.3 is 5.11 Å². The average Bonchev–Trinajstić information content (AvgIpc) is 2.91. The molecule has 226 valence electrons. The van der Waals surface area contributed by atoms with Crippen LogP contribution in [0.3, 0.4) is 0 Å². The van der Waals surface area contributed by atoms with Crippen LogP contribution in [0.15, 0.2) is 12.2 Å². The second-order valence-corrected chi connectivity index (χ2v) is 12.2. The van der Waals surface area contributed by atoms with Crippen molar-refractivity contribution in [2.75, 3.05) is 0 Å². The van der Waals surface area contributed by atoms with E-state index in [0.717, 1.165) is 24.7 Å². The topological polar surface area (TPSA) is 37.3 Å². The number of hydrogen-bond acceptors (Lipinski definition) is 1. The largest absolute Gasteiger partial charge is 0.481 e. The van der Waals surface area contributed by atoms with E-state index in [-0.39, 0.29) is 0 Å². The summed E-state index contributed by atoms with van der Waals surface area (Å²) in [6, 6.07) is 0. The predicted octanol–water partition coefficient (Wildman–Crippen LogP) is 12.8. The fraction of sp³-hybridized carbons (Fsp3) is 0.917. The van der Waals surface area contributed by atoms with E-state index in [1.54, 1.807) is 0 Å². The maximum Gasteiger partial charge on any atom is 0.303 e. The lowest BCUT2D eigenvalue weighted by molar-refractivity contribution is -0.137. The van der Waals surface area contributed by atoms with Crippen molar-refractivity contribution in [3.8, 4) is 0 Å². The third-order valence-electron chi connectivity index (χ3n) is 8.58. The third kappa shape index (κ3) is 26.8. The van der Waals surface area contributed by atoms with Gasteiger partial charge in [-0.1, -0.05) is 174 Å². The zero-order valence-corrected chi connectivity index (χ0v) is 26.5. The summed E-state index contributed by atoms with van der Waals surface area (Å²) >= 11 is 0. The Balaban J connectivity index is 4.80. The molecular formula is C36H70O2. The van der Waals surface area contributed by atoms with E-state index >= 15 is 0 Å². The molecule has 0 fully saturated rings. The van der Waals surface area contributed by atoms with Gasteiger partial charge in [-0.15, -0.1) is 0 Å². The van der Waals surface area contributed by atoms with Gasteiger partial charge in [0.25, 0.3) is 0 Å². The van der Waals surface area contributed by atoms with Crippen molar-refractivity contribution < 1.29 is 9.90 Å². The maximum absolute atomic E-state index is 10.8. The Bertz CT molecular complexity index is 498. The molecule has 2 nitrogen and oxygen atoms in total. The molecule has 0 saturated heterocycles. The number of allylic oxidation sites excluding steroid dienone is 2. The van der Waals surface area contributed by atoms with Crippen LogP contribution in [0.2, 0.25) is 0 Å². The molecule has 2 atom stereocenters. The zero-order chi connectivity index (χ0) is 27.9. The second-order valence-electron chi connectivity index (χ2n) is 12.2. The van der Waals surface area contributed by atoms with E-state index in [0.29, 0.717) is 6.42 Å². The van der Waals surface area contributed by atoms with Gasteiger partial charge in [-0.3, -0.25) is 4.79 Å². The molecular weight excluding hydrogens is 464 g/mol. The molecule has 0 amide bonds. The number of unbranched alkanes of at least 4 members (excludes halogenated alkanes) is 18. The van der Waals surface area contributed by atoms with Crippen molar-refractivity contribution in [3.63, 3.8) is 0 Å². The molecule has 2 heteroatoms. The summed E-state index contributed by atoms with van der Waals surface area (Å²) in [5.41, 5.74) is 0. The summed E-state index contributed by atoms with van der Waals surface area (Å²) < 4.78 is 0. The molecule has 0 bridgehead atoms. The molecule has 0 aliphatic heterocycles. The Hall–Kier alpha value is -0.790. The van der Waals surface area contributed by atoms with E-state index in [9.17, 15) is 4.79 Å². The van der Waals surface area contributed by atoms with Crippen molar-refractivity contribution in [1.82, 2.24) is 0 Å². The molecule has 0 saturated carbocycles. The first-order valence-corrected chi connectivity index (χ1v) is 17.5. The molecule has 0 spiro atoms. The number of carboxylic acid groups (broad SMARTS) is 1. The summed E-state index contributed by atoms with van der Waals surface area (Å²) in [5, 5.41) is 8.88. The normalized spacial score (nSPS) is 13.3. The minimum Gasteiger partial charge on any atom is -0.481 e. The Morgan fingerprint density at radius 2 is 0.842 bits per heavy atom. The summed E-state index contributed by atoms with van der Waals surface area (Å²) in [5.74, 6) is 1.15. The van der Waals surface area contributed by atoms with Crippen molar-refractivity contribution in [1.29, 1.82) is 0 Å². The molecule has 0 heterocycles. The predicted molar refractivity (Wildman–Crippen MR) is 170 cm³/mol. The molecule has 0 radical (unpaired) electrons. The molecule has 1 N–H and O–H groups in total. The van der Waals surface area contributed by atoms with Crippen LogP contribution in [-0.4, -0.2) is 11.1 Å². The Morgan fingerprint density at radius 3 is 1.32 bits per heavy atom. The van der Waals surface area contributed by atoms with Crippen LogP contribution < -0.4 is 0 Å². The van der Waals surface area contributed by atoms with Crippen LogP contribution >= 0.6 is 0 Å². The number of rotatable bonds is 31. The first-order valence-electron chi connectivity index (χ1n) is 17.5. The van der Waals surface area contributed by atoms with Crippen LogP contribution in [-0.2, 0) is 4.79 Å². The van der Waals surface area contributed by atoms with E-state index in [2.05, 4.69) is 32.9 Å². The van der Waals surface area contributed by atoms with E-state index < -0.39 is 5.97 Å². The SMILES string of the molecule is CCCCC/C=C/CCC(CCCCCCCC(=O)O)C(CCCCCCCC)CCCCCCCCC. The Morgan fingerprint density at radius 1 is 0.474 bits per heavy atom. The summed E-state index contributed by atoms with van der Waals surface area (Å²) in [6.07, 6.45) is 41.6. The van der Waals surface area contributed by atoms with Gasteiger partial charge in [0.1, 0.15) is 0 Å². The summed E-state index contributed by atoms with van der Waals surface area (Å²) in [7, 11) is 0. The van der Waals surface area contributed by atoms with Crippen molar-refractivity contribution >= 4 is 5.97 Å². The molecule has 0 aromatic rings. The van der Waals surface area contributed by atoms with Gasteiger partial charge in [-0.2, -0.15) is 0 Å². The third-order valence-corrected chi connectivity index (χ3v) is 8.58. The minimum absolute atomic E-state index is 0.339. The molecule has 0 aromatic carbocycles. The summed E-state index contributed by atoms with van der Waals surface area (Å²) in [6.45, 7) is 6.91. The van der Waals surface area contributed by atoms with Crippen molar-refractivity contribution in [2.24, 2.45) is 11.8 Å². The molecule has 0 aliphatic rings. The van der Waals surface area contributed by atoms with Crippen LogP contribution in [0.4, 0.5) is 0 Å². The molecule has 2 unspecified atom stereocenters. The van der Waals surface area contributed by atoms with Crippen LogP contribution in [0, 0.1) is 11.8 Å². The van der Waals surface area contributed by atoms with E-state index in [4.69, 9.17) is 5.11 Å². The first kappa shape index (κ1) is 37.2. The maximum atomic E-state index is 10.8. The Labute approximate surface area is 240 Å². The van der Waals surface area contributed by atoms with Crippen LogP contribution in [0.5, 0.6) is 0 Å². The van der Waals surface area contributed by atoms with Gasteiger partial charge >= 0.3 is 5.97 Å². The van der Waals surface area contributed by atoms with Gasteiger partial charge in [0.05, 0.1) is 0 Å². The van der Waals surface area contributed by atoms with Gasteiger partial charge in [0.15, 0.2) is 0 Å². The van der Waals surface area contributed by atoms with Crippen LogP contribution in [0.25, 0.3) is 0 Å². The standard InChI is InChI=1S/C36H70O2/c1-4-7-10-13-16-20-25-30-34(29-24-19-15-12-9-6-3)35(31-26-21-17-14-11-8-5-2)32-27-22-18-23-28-33-36(37)38/h17,21,34-35H,4-16,18-20,22-33H2,1-3H3,(H,37,38)/b21-17+. The number of aliphatic carboxylic acids is 1. The van der Waals surface area contributed by atoms with Crippen molar-refractivity contribution in [3.05, 3.63) is 12.2 Å². The minimum atomic E-state index is -0.643. The Kier molecular flexibility index (Phi) is 30.1. The number of carboxylic acids is 1. The van der Waals surface area contributed by atoms with E-state index in [1.807, 2.05) is 0 Å². The lowest BCUT2D eigenvalue weighted by Crippen LogP contribution is -2.16. The first-order chi connectivity index (χ1) is 18.7. The number of carbonyl (C=O) groups is 1. The quantitative estimate of drug-likeness (QED) is 0.0709. The number of hydrogen-bond donors (Lipinski definition) is 1. The molecule has 0 aliphatic carbocycles.